The Morgan fingerprint density at radius 3 is 2.93 bits per heavy atom. The van der Waals surface area contributed by atoms with Crippen molar-refractivity contribution >= 4 is 27.5 Å². The van der Waals surface area contributed by atoms with Crippen molar-refractivity contribution in [2.45, 2.75) is 10.4 Å². The number of nitrogens with zero attached hydrogens (tertiary/aromatic N) is 2. The second kappa shape index (κ2) is 3.28. The molecule has 1 aliphatic rings. The van der Waals surface area contributed by atoms with E-state index in [0.717, 1.165) is 0 Å². The van der Waals surface area contributed by atoms with Crippen LogP contribution < -0.4 is 5.73 Å². The highest BCUT2D eigenvalue weighted by Gasteiger charge is 2.23. The monoisotopic (exact) mass is 232 g/mol. The van der Waals surface area contributed by atoms with E-state index in [-0.39, 0.29) is 17.0 Å². The van der Waals surface area contributed by atoms with Crippen LogP contribution in [0.1, 0.15) is 0 Å². The molecule has 1 atom stereocenters. The third-order valence-electron chi connectivity index (χ3n) is 1.64. The lowest BCUT2D eigenvalue weighted by Crippen LogP contribution is -2.07. The standard InChI is InChI=1S/C6H8N4O2S2/c7-5-8-6(10-9-5)13-4-1-2-14(11,12)3-4/h1-2,4H,3H2,(H3,7,8,9,10)/t4-/m0/s1. The SMILES string of the molecule is Nc1nc(S[C@H]2C=CS(=O)(=O)C2)n[nH]1. The van der Waals surface area contributed by atoms with Crippen molar-refractivity contribution < 1.29 is 8.42 Å². The minimum absolute atomic E-state index is 0.103. The van der Waals surface area contributed by atoms with Gasteiger partial charge in [0.25, 0.3) is 0 Å². The highest BCUT2D eigenvalue weighted by atomic mass is 32.2. The van der Waals surface area contributed by atoms with Gasteiger partial charge in [0, 0.05) is 10.7 Å². The number of rotatable bonds is 2. The lowest BCUT2D eigenvalue weighted by molar-refractivity contribution is 0.606. The molecule has 6 nitrogen and oxygen atoms in total. The van der Waals surface area contributed by atoms with Gasteiger partial charge in [-0.15, -0.1) is 5.10 Å². The Hall–Kier alpha value is -1.02. The normalized spacial score (nSPS) is 24.1. The summed E-state index contributed by atoms with van der Waals surface area (Å²) < 4.78 is 22.1. The second-order valence-electron chi connectivity index (χ2n) is 2.82. The summed E-state index contributed by atoms with van der Waals surface area (Å²) in [5.74, 6) is 0.337. The van der Waals surface area contributed by atoms with Crippen LogP contribution in [-0.2, 0) is 9.84 Å². The van der Waals surface area contributed by atoms with Crippen molar-refractivity contribution in [1.29, 1.82) is 0 Å². The van der Waals surface area contributed by atoms with Crippen LogP contribution in [-0.4, -0.2) is 34.6 Å². The van der Waals surface area contributed by atoms with Crippen molar-refractivity contribution in [3.05, 3.63) is 11.5 Å². The molecule has 0 saturated carbocycles. The van der Waals surface area contributed by atoms with E-state index >= 15 is 0 Å². The highest BCUT2D eigenvalue weighted by molar-refractivity contribution is 8.02. The molecule has 2 rings (SSSR count). The van der Waals surface area contributed by atoms with E-state index in [1.165, 1.54) is 17.2 Å². The fourth-order valence-corrected chi connectivity index (χ4v) is 3.79. The van der Waals surface area contributed by atoms with Gasteiger partial charge in [-0.2, -0.15) is 4.98 Å². The second-order valence-corrected chi connectivity index (χ2v) is 5.96. The van der Waals surface area contributed by atoms with E-state index in [1.807, 2.05) is 0 Å². The number of hydrogen-bond acceptors (Lipinski definition) is 6. The molecule has 3 N–H and O–H groups in total. The van der Waals surface area contributed by atoms with Gasteiger partial charge >= 0.3 is 0 Å². The van der Waals surface area contributed by atoms with Crippen molar-refractivity contribution in [3.63, 3.8) is 0 Å². The van der Waals surface area contributed by atoms with Gasteiger partial charge in [0.15, 0.2) is 9.84 Å². The van der Waals surface area contributed by atoms with E-state index in [2.05, 4.69) is 15.2 Å². The molecule has 2 heterocycles. The molecule has 0 saturated heterocycles. The average Bonchev–Trinajstić information content (AvgIpc) is 2.59. The summed E-state index contributed by atoms with van der Waals surface area (Å²) in [6.45, 7) is 0. The average molecular weight is 232 g/mol. The number of H-pyrrole nitrogens is 1. The third-order valence-corrected chi connectivity index (χ3v) is 4.26. The first-order chi connectivity index (χ1) is 6.55. The highest BCUT2D eigenvalue weighted by Crippen LogP contribution is 2.26. The summed E-state index contributed by atoms with van der Waals surface area (Å²) in [5, 5.41) is 7.86. The van der Waals surface area contributed by atoms with Gasteiger partial charge in [0.2, 0.25) is 11.1 Å². The number of aromatic amines is 1. The maximum Gasteiger partial charge on any atom is 0.216 e. The van der Waals surface area contributed by atoms with Gasteiger partial charge in [-0.1, -0.05) is 17.8 Å². The van der Waals surface area contributed by atoms with Crippen LogP contribution in [0.3, 0.4) is 0 Å². The predicted molar refractivity (Wildman–Crippen MR) is 53.4 cm³/mol. The Labute approximate surface area is 84.9 Å². The van der Waals surface area contributed by atoms with E-state index in [4.69, 9.17) is 5.73 Å². The molecule has 1 aliphatic heterocycles. The van der Waals surface area contributed by atoms with Crippen LogP contribution in [0.25, 0.3) is 0 Å². The molecular formula is C6H8N4O2S2. The molecular weight excluding hydrogens is 224 g/mol. The van der Waals surface area contributed by atoms with Gasteiger partial charge in [-0.25, -0.2) is 13.5 Å². The summed E-state index contributed by atoms with van der Waals surface area (Å²) in [5.41, 5.74) is 5.33. The molecule has 14 heavy (non-hydrogen) atoms. The quantitative estimate of drug-likeness (QED) is 0.731. The molecule has 8 heteroatoms. The smallest absolute Gasteiger partial charge is 0.216 e. The molecule has 0 aliphatic carbocycles. The molecule has 0 spiro atoms. The number of nitrogens with two attached hydrogens (primary N) is 1. The summed E-state index contributed by atoms with van der Waals surface area (Å²) in [7, 11) is -3.01. The summed E-state index contributed by atoms with van der Waals surface area (Å²) in [6.07, 6.45) is 1.63. The minimum Gasteiger partial charge on any atom is -0.368 e. The van der Waals surface area contributed by atoms with Gasteiger partial charge in [0.1, 0.15) is 0 Å². The Morgan fingerprint density at radius 2 is 2.43 bits per heavy atom. The predicted octanol–water partition coefficient (Wildman–Crippen LogP) is -0.210. The van der Waals surface area contributed by atoms with Gasteiger partial charge in [0.05, 0.1) is 5.75 Å². The fourth-order valence-electron chi connectivity index (χ4n) is 1.07. The molecule has 0 unspecified atom stereocenters. The number of anilines is 1. The zero-order valence-corrected chi connectivity index (χ0v) is 8.68. The zero-order valence-electron chi connectivity index (χ0n) is 7.04. The van der Waals surface area contributed by atoms with E-state index in [0.29, 0.717) is 5.16 Å². The van der Waals surface area contributed by atoms with E-state index in [9.17, 15) is 8.42 Å². The number of aromatic nitrogens is 3. The summed E-state index contributed by atoms with van der Waals surface area (Å²) >= 11 is 1.27. The first kappa shape index (κ1) is 9.53. The van der Waals surface area contributed by atoms with E-state index in [1.54, 1.807) is 6.08 Å². The molecule has 1 aromatic rings. The number of nitrogen functional groups attached to an aromatic ring is 1. The largest absolute Gasteiger partial charge is 0.368 e. The molecule has 0 fully saturated rings. The van der Waals surface area contributed by atoms with Gasteiger partial charge in [-0.3, -0.25) is 0 Å². The number of nitrogens with one attached hydrogen (secondary N) is 1. The number of thioether (sulfide) groups is 1. The first-order valence-electron chi connectivity index (χ1n) is 3.81. The van der Waals surface area contributed by atoms with Crippen LogP contribution in [0.2, 0.25) is 0 Å². The Kier molecular flexibility index (Phi) is 2.23. The van der Waals surface area contributed by atoms with Crippen molar-refractivity contribution in [3.8, 4) is 0 Å². The molecule has 0 radical (unpaired) electrons. The molecule has 0 aromatic carbocycles. The number of sulfone groups is 1. The van der Waals surface area contributed by atoms with Crippen LogP contribution in [0.15, 0.2) is 16.6 Å². The number of hydrogen-bond donors (Lipinski definition) is 2. The topological polar surface area (TPSA) is 102 Å². The van der Waals surface area contributed by atoms with Crippen LogP contribution in [0.5, 0.6) is 0 Å². The molecule has 1 aromatic heterocycles. The van der Waals surface area contributed by atoms with Crippen molar-refractivity contribution in [2.75, 3.05) is 11.5 Å². The van der Waals surface area contributed by atoms with E-state index < -0.39 is 9.84 Å². The summed E-state index contributed by atoms with van der Waals surface area (Å²) in [6, 6.07) is 0. The van der Waals surface area contributed by atoms with Crippen molar-refractivity contribution in [2.24, 2.45) is 0 Å². The zero-order chi connectivity index (χ0) is 10.2. The Morgan fingerprint density at radius 1 is 1.64 bits per heavy atom. The maximum absolute atomic E-state index is 11.1. The van der Waals surface area contributed by atoms with Gasteiger partial charge < -0.3 is 5.73 Å². The van der Waals surface area contributed by atoms with Crippen LogP contribution in [0, 0.1) is 0 Å². The van der Waals surface area contributed by atoms with Crippen LogP contribution >= 0.6 is 11.8 Å². The van der Waals surface area contributed by atoms with Crippen LogP contribution in [0.4, 0.5) is 5.95 Å². The van der Waals surface area contributed by atoms with Crippen molar-refractivity contribution in [1.82, 2.24) is 15.2 Å². The lowest BCUT2D eigenvalue weighted by atomic mass is 10.5. The molecule has 0 bridgehead atoms. The Bertz CT molecular complexity index is 464. The third kappa shape index (κ3) is 2.07. The fraction of sp³-hybridized carbons (Fsp3) is 0.333. The van der Waals surface area contributed by atoms with Gasteiger partial charge in [-0.05, 0) is 0 Å². The Balaban J connectivity index is 2.05. The lowest BCUT2D eigenvalue weighted by Gasteiger charge is -2.00. The molecule has 0 amide bonds. The first-order valence-corrected chi connectivity index (χ1v) is 6.40. The minimum atomic E-state index is -3.01. The molecule has 76 valence electrons. The summed E-state index contributed by atoms with van der Waals surface area (Å²) in [4.78, 5) is 3.87. The maximum atomic E-state index is 11.1.